The van der Waals surface area contributed by atoms with E-state index in [1.807, 2.05) is 0 Å². The zero-order valence-electron chi connectivity index (χ0n) is 12.2. The van der Waals surface area contributed by atoms with Gasteiger partial charge in [0, 0.05) is 19.6 Å². The van der Waals surface area contributed by atoms with E-state index in [9.17, 15) is 9.59 Å². The van der Waals surface area contributed by atoms with Crippen LogP contribution in [0.1, 0.15) is 10.6 Å². The first-order valence-electron chi connectivity index (χ1n) is 6.96. The van der Waals surface area contributed by atoms with Crippen LogP contribution in [0.3, 0.4) is 0 Å². The predicted octanol–water partition coefficient (Wildman–Crippen LogP) is -0.0790. The lowest BCUT2D eigenvalue weighted by Crippen LogP contribution is -2.53. The van der Waals surface area contributed by atoms with Gasteiger partial charge in [0.25, 0.3) is 11.8 Å². The van der Waals surface area contributed by atoms with Crippen LogP contribution in [0.2, 0.25) is 0 Å². The molecule has 2 atom stereocenters. The third-order valence-electron chi connectivity index (χ3n) is 3.90. The third-order valence-corrected chi connectivity index (χ3v) is 3.90. The smallest absolute Gasteiger partial charge is 0.292 e. The second-order valence-corrected chi connectivity index (χ2v) is 5.20. The number of likely N-dealkylation sites (tertiary alicyclic amines) is 1. The molecule has 0 aromatic carbocycles. The lowest BCUT2D eigenvalue weighted by molar-refractivity contribution is -0.151. The summed E-state index contributed by atoms with van der Waals surface area (Å²) in [5, 5.41) is 3.62. The van der Waals surface area contributed by atoms with Crippen molar-refractivity contribution < 1.29 is 23.6 Å². The maximum atomic E-state index is 12.4. The molecule has 1 aromatic heterocycles. The topological polar surface area (TPSA) is 85.1 Å². The fraction of sp³-hybridized carbons (Fsp3) is 0.500. The van der Waals surface area contributed by atoms with Crippen LogP contribution >= 0.6 is 0 Å². The van der Waals surface area contributed by atoms with Crippen molar-refractivity contribution in [1.29, 1.82) is 0 Å². The van der Waals surface area contributed by atoms with Crippen LogP contribution in [0.5, 0.6) is 5.88 Å². The molecule has 118 valence electrons. The van der Waals surface area contributed by atoms with Crippen molar-refractivity contribution in [2.45, 2.75) is 12.1 Å². The molecular weight excluding hydrogens is 290 g/mol. The van der Waals surface area contributed by atoms with Gasteiger partial charge < -0.3 is 23.8 Å². The van der Waals surface area contributed by atoms with Gasteiger partial charge in [-0.2, -0.15) is 0 Å². The van der Waals surface area contributed by atoms with E-state index in [2.05, 4.69) is 11.7 Å². The van der Waals surface area contributed by atoms with E-state index in [0.29, 0.717) is 19.6 Å². The zero-order valence-corrected chi connectivity index (χ0v) is 12.2. The van der Waals surface area contributed by atoms with Crippen molar-refractivity contribution in [3.05, 3.63) is 24.5 Å². The van der Waals surface area contributed by atoms with Gasteiger partial charge in [-0.25, -0.2) is 0 Å². The van der Waals surface area contributed by atoms with Crippen LogP contribution in [0, 0.1) is 0 Å². The summed E-state index contributed by atoms with van der Waals surface area (Å²) in [7, 11) is 1.45. The number of carbonyl (C=O) groups excluding carboxylic acids is 2. The number of hydrogen-bond acceptors (Lipinski definition) is 6. The monoisotopic (exact) mass is 307 g/mol. The van der Waals surface area contributed by atoms with Gasteiger partial charge in [0.15, 0.2) is 0 Å². The number of aromatic nitrogens is 1. The largest absolute Gasteiger partial charge is 0.479 e. The molecule has 0 radical (unpaired) electrons. The average molecular weight is 307 g/mol. The number of amides is 2. The number of ether oxygens (including phenoxy) is 2. The molecule has 22 heavy (non-hydrogen) atoms. The molecule has 3 heterocycles. The van der Waals surface area contributed by atoms with Crippen LogP contribution in [0.25, 0.3) is 0 Å². The van der Waals surface area contributed by atoms with Gasteiger partial charge in [-0.05, 0) is 5.16 Å². The highest BCUT2D eigenvalue weighted by Gasteiger charge is 2.44. The minimum absolute atomic E-state index is 0.0349. The first-order valence-corrected chi connectivity index (χ1v) is 6.96. The third kappa shape index (κ3) is 2.45. The molecule has 0 bridgehead atoms. The van der Waals surface area contributed by atoms with Crippen molar-refractivity contribution in [2.75, 3.05) is 33.4 Å². The van der Waals surface area contributed by atoms with Gasteiger partial charge in [0.1, 0.15) is 6.61 Å². The number of nitrogens with zero attached hydrogens (tertiary/aromatic N) is 3. The van der Waals surface area contributed by atoms with Gasteiger partial charge in [-0.15, -0.1) is 6.58 Å². The summed E-state index contributed by atoms with van der Waals surface area (Å²) in [6.07, 6.45) is 1.48. The first-order chi connectivity index (χ1) is 10.6. The second-order valence-electron chi connectivity index (χ2n) is 5.20. The molecule has 0 spiro atoms. The molecule has 2 saturated heterocycles. The standard InChI is InChI=1S/C14H17N3O5/c1-3-4-17-9-6-16(7-11(9)21-8-13(17)18)14(19)10-5-12(20-2)15-22-10/h3,5,9,11H,1,4,6-8H2,2H3/t9-,11-/m1/s1. The number of methoxy groups -OCH3 is 1. The molecule has 0 N–H and O–H groups in total. The first kappa shape index (κ1) is 14.6. The molecule has 8 nitrogen and oxygen atoms in total. The fourth-order valence-electron chi connectivity index (χ4n) is 2.82. The summed E-state index contributed by atoms with van der Waals surface area (Å²) in [4.78, 5) is 27.6. The second kappa shape index (κ2) is 5.80. The summed E-state index contributed by atoms with van der Waals surface area (Å²) < 4.78 is 15.4. The van der Waals surface area contributed by atoms with Gasteiger partial charge in [-0.3, -0.25) is 9.59 Å². The highest BCUT2D eigenvalue weighted by molar-refractivity contribution is 5.92. The van der Waals surface area contributed by atoms with Gasteiger partial charge >= 0.3 is 0 Å². The quantitative estimate of drug-likeness (QED) is 0.723. The molecule has 2 aliphatic heterocycles. The lowest BCUT2D eigenvalue weighted by Gasteiger charge is -2.35. The van der Waals surface area contributed by atoms with Crippen LogP contribution in [0.15, 0.2) is 23.2 Å². The molecule has 0 saturated carbocycles. The number of hydrogen-bond donors (Lipinski definition) is 0. The molecule has 0 unspecified atom stereocenters. The molecule has 8 heteroatoms. The van der Waals surface area contributed by atoms with Gasteiger partial charge in [0.05, 0.1) is 25.3 Å². The highest BCUT2D eigenvalue weighted by atomic mass is 16.5. The minimum Gasteiger partial charge on any atom is -0.479 e. The van der Waals surface area contributed by atoms with Crippen molar-refractivity contribution in [2.24, 2.45) is 0 Å². The van der Waals surface area contributed by atoms with Crippen molar-refractivity contribution >= 4 is 11.8 Å². The van der Waals surface area contributed by atoms with E-state index in [4.69, 9.17) is 14.0 Å². The summed E-state index contributed by atoms with van der Waals surface area (Å²) in [6, 6.07) is 1.28. The summed E-state index contributed by atoms with van der Waals surface area (Å²) in [5.41, 5.74) is 0. The maximum absolute atomic E-state index is 12.4. The minimum atomic E-state index is -0.292. The van der Waals surface area contributed by atoms with Crippen molar-refractivity contribution in [3.63, 3.8) is 0 Å². The van der Waals surface area contributed by atoms with E-state index < -0.39 is 0 Å². The lowest BCUT2D eigenvalue weighted by atomic mass is 10.1. The maximum Gasteiger partial charge on any atom is 0.292 e. The normalized spacial score (nSPS) is 24.3. The van der Waals surface area contributed by atoms with Crippen molar-refractivity contribution in [3.8, 4) is 5.88 Å². The Morgan fingerprint density at radius 3 is 3.09 bits per heavy atom. The Balaban J connectivity index is 1.74. The molecule has 2 aliphatic rings. The van der Waals surface area contributed by atoms with E-state index in [1.54, 1.807) is 15.9 Å². The Hall–Kier alpha value is -2.35. The number of fused-ring (bicyclic) bond motifs is 1. The summed E-state index contributed by atoms with van der Waals surface area (Å²) >= 11 is 0. The Kier molecular flexibility index (Phi) is 3.84. The Morgan fingerprint density at radius 1 is 1.59 bits per heavy atom. The highest BCUT2D eigenvalue weighted by Crippen LogP contribution is 2.25. The molecule has 0 aliphatic carbocycles. The number of morpholine rings is 1. The fourth-order valence-corrected chi connectivity index (χ4v) is 2.82. The molecule has 2 fully saturated rings. The van der Waals surface area contributed by atoms with E-state index in [1.165, 1.54) is 13.2 Å². The van der Waals surface area contributed by atoms with Crippen LogP contribution in [-0.4, -0.2) is 72.3 Å². The Morgan fingerprint density at radius 2 is 2.41 bits per heavy atom. The summed E-state index contributed by atoms with van der Waals surface area (Å²) in [6.45, 7) is 4.95. The van der Waals surface area contributed by atoms with E-state index in [-0.39, 0.29) is 42.2 Å². The predicted molar refractivity (Wildman–Crippen MR) is 74.4 cm³/mol. The van der Waals surface area contributed by atoms with Crippen LogP contribution in [-0.2, 0) is 9.53 Å². The van der Waals surface area contributed by atoms with Crippen LogP contribution in [0.4, 0.5) is 0 Å². The molecule has 2 amide bonds. The molecular formula is C14H17N3O5. The zero-order chi connectivity index (χ0) is 15.7. The number of carbonyl (C=O) groups is 2. The van der Waals surface area contributed by atoms with Crippen molar-refractivity contribution in [1.82, 2.24) is 15.0 Å². The summed E-state index contributed by atoms with van der Waals surface area (Å²) in [5.74, 6) is -0.0200. The SMILES string of the molecule is C=CCN1C(=O)CO[C@@H]2CN(C(=O)c3cc(OC)no3)C[C@H]21. The average Bonchev–Trinajstić information content (AvgIpc) is 3.16. The Bertz CT molecular complexity index is 599. The van der Waals surface area contributed by atoms with E-state index in [0.717, 1.165) is 0 Å². The van der Waals surface area contributed by atoms with Gasteiger partial charge in [-0.1, -0.05) is 6.08 Å². The van der Waals surface area contributed by atoms with Gasteiger partial charge in [0.2, 0.25) is 11.7 Å². The Labute approximate surface area is 127 Å². The molecule has 1 aromatic rings. The number of rotatable bonds is 4. The van der Waals surface area contributed by atoms with Crippen LogP contribution < -0.4 is 4.74 Å². The van der Waals surface area contributed by atoms with E-state index >= 15 is 0 Å². The molecule has 3 rings (SSSR count).